The van der Waals surface area contributed by atoms with Gasteiger partial charge in [0, 0.05) is 11.6 Å². The van der Waals surface area contributed by atoms with Crippen molar-refractivity contribution in [1.29, 1.82) is 0 Å². The van der Waals surface area contributed by atoms with Crippen molar-refractivity contribution >= 4 is 16.4 Å². The summed E-state index contributed by atoms with van der Waals surface area (Å²) in [6.07, 6.45) is 1.77. The third kappa shape index (κ3) is 1.48. The van der Waals surface area contributed by atoms with Gasteiger partial charge in [-0.15, -0.1) is 5.10 Å². The van der Waals surface area contributed by atoms with Gasteiger partial charge < -0.3 is 0 Å². The van der Waals surface area contributed by atoms with Crippen LogP contribution in [0.1, 0.15) is 0 Å². The molecule has 96 valence electrons. The first-order valence-electron chi connectivity index (χ1n) is 6.39. The summed E-state index contributed by atoms with van der Waals surface area (Å²) in [6.45, 7) is 0. The van der Waals surface area contributed by atoms with Crippen LogP contribution in [0.2, 0.25) is 0 Å². The summed E-state index contributed by atoms with van der Waals surface area (Å²) in [7, 11) is 0. The zero-order chi connectivity index (χ0) is 13.5. The van der Waals surface area contributed by atoms with Crippen LogP contribution in [-0.2, 0) is 0 Å². The van der Waals surface area contributed by atoms with Gasteiger partial charge in [0.05, 0.1) is 5.69 Å². The van der Waals surface area contributed by atoms with Crippen molar-refractivity contribution in [2.24, 2.45) is 0 Å². The van der Waals surface area contributed by atoms with E-state index in [0.29, 0.717) is 5.65 Å². The Bertz CT molecular complexity index is 967. The molecule has 0 unspecified atom stereocenters. The molecule has 2 heterocycles. The average Bonchev–Trinajstić information content (AvgIpc) is 2.86. The van der Waals surface area contributed by atoms with E-state index in [9.17, 15) is 4.79 Å². The maximum Gasteiger partial charge on any atom is 0.355 e. The highest BCUT2D eigenvalue weighted by atomic mass is 16.2. The Morgan fingerprint density at radius 1 is 0.850 bits per heavy atom. The smallest absolute Gasteiger partial charge is 0.249 e. The zero-order valence-corrected chi connectivity index (χ0v) is 10.6. The minimum absolute atomic E-state index is 0.156. The van der Waals surface area contributed by atoms with Crippen LogP contribution in [0.3, 0.4) is 0 Å². The second-order valence-electron chi connectivity index (χ2n) is 4.63. The number of para-hydroxylation sites is 1. The van der Waals surface area contributed by atoms with Crippen LogP contribution in [0.15, 0.2) is 71.7 Å². The molecule has 20 heavy (non-hydrogen) atoms. The number of pyridine rings is 1. The van der Waals surface area contributed by atoms with Crippen LogP contribution in [0.4, 0.5) is 0 Å². The minimum Gasteiger partial charge on any atom is -0.249 e. The summed E-state index contributed by atoms with van der Waals surface area (Å²) in [5.74, 6) is 0. The van der Waals surface area contributed by atoms with Crippen molar-refractivity contribution < 1.29 is 0 Å². The number of aromatic nitrogens is 3. The fourth-order valence-electron chi connectivity index (χ4n) is 2.43. The molecule has 0 aliphatic heterocycles. The number of benzene rings is 2. The molecule has 0 aliphatic carbocycles. The predicted molar refractivity (Wildman–Crippen MR) is 78.3 cm³/mol. The summed E-state index contributed by atoms with van der Waals surface area (Å²) in [6, 6.07) is 19.3. The summed E-state index contributed by atoms with van der Waals surface area (Å²) in [5.41, 5.74) is 1.29. The van der Waals surface area contributed by atoms with E-state index >= 15 is 0 Å². The van der Waals surface area contributed by atoms with E-state index in [2.05, 4.69) is 5.10 Å². The van der Waals surface area contributed by atoms with Gasteiger partial charge in [-0.3, -0.25) is 0 Å². The van der Waals surface area contributed by atoms with Crippen molar-refractivity contribution in [3.63, 3.8) is 0 Å². The van der Waals surface area contributed by atoms with Gasteiger partial charge in [-0.2, -0.15) is 4.68 Å². The van der Waals surface area contributed by atoms with E-state index in [4.69, 9.17) is 0 Å². The highest BCUT2D eigenvalue weighted by Gasteiger charge is 2.10. The van der Waals surface area contributed by atoms with Crippen molar-refractivity contribution in [3.8, 4) is 5.69 Å². The monoisotopic (exact) mass is 261 g/mol. The number of rotatable bonds is 1. The van der Waals surface area contributed by atoms with Gasteiger partial charge in [0.25, 0.3) is 0 Å². The highest BCUT2D eigenvalue weighted by Crippen LogP contribution is 2.17. The van der Waals surface area contributed by atoms with Crippen LogP contribution in [-0.4, -0.2) is 14.2 Å². The predicted octanol–water partition coefficient (Wildman–Crippen LogP) is 2.64. The molecule has 0 amide bonds. The third-order valence-electron chi connectivity index (χ3n) is 3.42. The Labute approximate surface area is 114 Å². The van der Waals surface area contributed by atoms with Gasteiger partial charge in [-0.25, -0.2) is 9.20 Å². The molecule has 2 aromatic heterocycles. The molecular formula is C16H11N3O. The van der Waals surface area contributed by atoms with Crippen LogP contribution >= 0.6 is 0 Å². The van der Waals surface area contributed by atoms with E-state index < -0.39 is 0 Å². The average molecular weight is 261 g/mol. The van der Waals surface area contributed by atoms with E-state index in [1.54, 1.807) is 10.6 Å². The lowest BCUT2D eigenvalue weighted by Crippen LogP contribution is -2.19. The fraction of sp³-hybridized carbons (Fsp3) is 0. The van der Waals surface area contributed by atoms with E-state index in [1.165, 1.54) is 4.68 Å². The topological polar surface area (TPSA) is 39.3 Å². The van der Waals surface area contributed by atoms with Crippen molar-refractivity contribution in [3.05, 3.63) is 77.3 Å². The van der Waals surface area contributed by atoms with Crippen LogP contribution in [0.5, 0.6) is 0 Å². The number of fused-ring (bicyclic) bond motifs is 3. The Morgan fingerprint density at radius 3 is 2.45 bits per heavy atom. The van der Waals surface area contributed by atoms with Crippen LogP contribution < -0.4 is 5.69 Å². The number of hydrogen-bond donors (Lipinski definition) is 0. The molecule has 0 N–H and O–H groups in total. The first-order chi connectivity index (χ1) is 9.84. The molecule has 4 nitrogen and oxygen atoms in total. The van der Waals surface area contributed by atoms with Crippen molar-refractivity contribution in [2.45, 2.75) is 0 Å². The molecule has 4 rings (SSSR count). The molecule has 0 radical (unpaired) electrons. The largest absolute Gasteiger partial charge is 0.355 e. The molecular weight excluding hydrogens is 250 g/mol. The first kappa shape index (κ1) is 11.0. The summed E-state index contributed by atoms with van der Waals surface area (Å²) in [4.78, 5) is 12.4. The normalized spacial score (nSPS) is 11.2. The molecule has 0 fully saturated rings. The fourth-order valence-corrected chi connectivity index (χ4v) is 2.43. The summed E-state index contributed by atoms with van der Waals surface area (Å²) >= 11 is 0. The molecule has 0 bridgehead atoms. The van der Waals surface area contributed by atoms with Crippen molar-refractivity contribution in [2.75, 3.05) is 0 Å². The maximum absolute atomic E-state index is 12.4. The van der Waals surface area contributed by atoms with Gasteiger partial charge in [-0.05, 0) is 23.6 Å². The molecule has 0 atom stereocenters. The highest BCUT2D eigenvalue weighted by molar-refractivity contribution is 5.93. The number of hydrogen-bond acceptors (Lipinski definition) is 2. The number of nitrogens with zero attached hydrogens (tertiary/aromatic N) is 3. The second-order valence-corrected chi connectivity index (χ2v) is 4.63. The molecule has 2 aromatic carbocycles. The Kier molecular flexibility index (Phi) is 2.23. The molecule has 0 saturated carbocycles. The van der Waals surface area contributed by atoms with Crippen molar-refractivity contribution in [1.82, 2.24) is 14.2 Å². The van der Waals surface area contributed by atoms with Crippen LogP contribution in [0.25, 0.3) is 22.1 Å². The SMILES string of the molecule is O=c1n(-c2ccccc2)nc2c3ccccc3ccn12. The Balaban J connectivity index is 2.13. The zero-order valence-electron chi connectivity index (χ0n) is 10.6. The lowest BCUT2D eigenvalue weighted by atomic mass is 10.2. The first-order valence-corrected chi connectivity index (χ1v) is 6.39. The minimum atomic E-state index is -0.156. The molecule has 4 heteroatoms. The Hall–Kier alpha value is -2.88. The molecule has 0 spiro atoms. The summed E-state index contributed by atoms with van der Waals surface area (Å²) in [5, 5.41) is 6.53. The quantitative estimate of drug-likeness (QED) is 0.528. The lowest BCUT2D eigenvalue weighted by Gasteiger charge is -1.97. The van der Waals surface area contributed by atoms with Crippen LogP contribution in [0, 0.1) is 0 Å². The third-order valence-corrected chi connectivity index (χ3v) is 3.42. The standard InChI is InChI=1S/C16H11N3O/c20-16-18-11-10-12-6-4-5-9-14(12)15(18)17-19(16)13-7-2-1-3-8-13/h1-11H. The van der Waals surface area contributed by atoms with E-state index in [-0.39, 0.29) is 5.69 Å². The van der Waals surface area contributed by atoms with Gasteiger partial charge in [0.1, 0.15) is 0 Å². The summed E-state index contributed by atoms with van der Waals surface area (Å²) < 4.78 is 3.01. The van der Waals surface area contributed by atoms with E-state index in [0.717, 1.165) is 16.5 Å². The van der Waals surface area contributed by atoms with Gasteiger partial charge >= 0.3 is 5.69 Å². The van der Waals surface area contributed by atoms with Gasteiger partial charge in [0.15, 0.2) is 5.65 Å². The maximum atomic E-state index is 12.4. The molecule has 4 aromatic rings. The molecule has 0 saturated heterocycles. The second kappa shape index (κ2) is 4.06. The van der Waals surface area contributed by atoms with E-state index in [1.807, 2.05) is 60.7 Å². The molecule has 0 aliphatic rings. The van der Waals surface area contributed by atoms with Gasteiger partial charge in [0.2, 0.25) is 0 Å². The lowest BCUT2D eigenvalue weighted by molar-refractivity contribution is 0.839. The Morgan fingerprint density at radius 2 is 1.60 bits per heavy atom. The van der Waals surface area contributed by atoms with Gasteiger partial charge in [-0.1, -0.05) is 42.5 Å².